The molecule has 2 aromatic rings. The van der Waals surface area contributed by atoms with Crippen molar-refractivity contribution in [2.24, 2.45) is 5.92 Å². The topological polar surface area (TPSA) is 3.24 Å². The fourth-order valence-electron chi connectivity index (χ4n) is 3.85. The standard InChI is InChI=1S/C19H18FN/c1-13-17-9-15(20)7-8-16(17)19-12-21(11-18(13)19)10-14-5-3-2-4-6-14/h2-9,18-19H,1,10-12H2. The van der Waals surface area contributed by atoms with Crippen molar-refractivity contribution in [1.29, 1.82) is 0 Å². The Morgan fingerprint density at radius 3 is 2.62 bits per heavy atom. The highest BCUT2D eigenvalue weighted by atomic mass is 19.1. The summed E-state index contributed by atoms with van der Waals surface area (Å²) >= 11 is 0. The van der Waals surface area contributed by atoms with Gasteiger partial charge in [0, 0.05) is 31.5 Å². The second-order valence-corrected chi connectivity index (χ2v) is 6.15. The van der Waals surface area contributed by atoms with E-state index >= 15 is 0 Å². The number of rotatable bonds is 2. The average Bonchev–Trinajstić information content (AvgIpc) is 3.00. The summed E-state index contributed by atoms with van der Waals surface area (Å²) in [4.78, 5) is 2.49. The summed E-state index contributed by atoms with van der Waals surface area (Å²) in [7, 11) is 0. The highest BCUT2D eigenvalue weighted by Gasteiger charge is 2.42. The Morgan fingerprint density at radius 1 is 1.05 bits per heavy atom. The van der Waals surface area contributed by atoms with E-state index in [1.807, 2.05) is 6.07 Å². The van der Waals surface area contributed by atoms with Crippen LogP contribution in [0.5, 0.6) is 0 Å². The molecule has 2 aliphatic rings. The van der Waals surface area contributed by atoms with Crippen molar-refractivity contribution in [3.8, 4) is 0 Å². The lowest BCUT2D eigenvalue weighted by atomic mass is 9.95. The first-order valence-electron chi connectivity index (χ1n) is 7.47. The van der Waals surface area contributed by atoms with Crippen LogP contribution in [0.15, 0.2) is 55.1 Å². The molecule has 1 fully saturated rings. The second kappa shape index (κ2) is 4.81. The van der Waals surface area contributed by atoms with Crippen molar-refractivity contribution in [3.05, 3.63) is 77.6 Å². The van der Waals surface area contributed by atoms with E-state index < -0.39 is 0 Å². The predicted molar refractivity (Wildman–Crippen MR) is 83.4 cm³/mol. The van der Waals surface area contributed by atoms with Crippen LogP contribution in [0.25, 0.3) is 5.57 Å². The van der Waals surface area contributed by atoms with Crippen LogP contribution in [0.2, 0.25) is 0 Å². The number of hydrogen-bond acceptors (Lipinski definition) is 1. The quantitative estimate of drug-likeness (QED) is 0.801. The van der Waals surface area contributed by atoms with Crippen molar-refractivity contribution in [1.82, 2.24) is 4.90 Å². The Labute approximate surface area is 124 Å². The molecule has 2 heteroatoms. The summed E-state index contributed by atoms with van der Waals surface area (Å²) in [6, 6.07) is 15.7. The molecule has 0 saturated carbocycles. The zero-order valence-corrected chi connectivity index (χ0v) is 11.9. The summed E-state index contributed by atoms with van der Waals surface area (Å²) in [6.07, 6.45) is 0. The maximum absolute atomic E-state index is 13.4. The Kier molecular flexibility index (Phi) is 2.93. The van der Waals surface area contributed by atoms with Crippen molar-refractivity contribution in [3.63, 3.8) is 0 Å². The minimum Gasteiger partial charge on any atom is -0.298 e. The van der Waals surface area contributed by atoms with Crippen molar-refractivity contribution >= 4 is 5.57 Å². The molecule has 0 bridgehead atoms. The van der Waals surface area contributed by atoms with Crippen molar-refractivity contribution in [2.75, 3.05) is 13.1 Å². The lowest BCUT2D eigenvalue weighted by Gasteiger charge is -2.17. The Morgan fingerprint density at radius 2 is 1.81 bits per heavy atom. The van der Waals surface area contributed by atoms with Crippen molar-refractivity contribution < 1.29 is 4.39 Å². The number of benzene rings is 2. The Bertz CT molecular complexity index is 692. The van der Waals surface area contributed by atoms with Crippen LogP contribution >= 0.6 is 0 Å². The van der Waals surface area contributed by atoms with Gasteiger partial charge >= 0.3 is 0 Å². The first-order chi connectivity index (χ1) is 10.2. The molecule has 2 aromatic carbocycles. The number of nitrogens with zero attached hydrogens (tertiary/aromatic N) is 1. The molecule has 0 spiro atoms. The van der Waals surface area contributed by atoms with Gasteiger partial charge in [0.15, 0.2) is 0 Å². The molecule has 2 atom stereocenters. The van der Waals surface area contributed by atoms with E-state index in [4.69, 9.17) is 0 Å². The van der Waals surface area contributed by atoms with Gasteiger partial charge in [0.25, 0.3) is 0 Å². The molecular formula is C19H18FN. The normalized spacial score (nSPS) is 24.1. The fraction of sp³-hybridized carbons (Fsp3) is 0.263. The summed E-state index contributed by atoms with van der Waals surface area (Å²) < 4.78 is 13.4. The molecule has 2 unspecified atom stereocenters. The molecule has 0 amide bonds. The van der Waals surface area contributed by atoms with E-state index in [-0.39, 0.29) is 5.82 Å². The van der Waals surface area contributed by atoms with Crippen LogP contribution in [0.3, 0.4) is 0 Å². The molecule has 106 valence electrons. The molecule has 0 aromatic heterocycles. The summed E-state index contributed by atoms with van der Waals surface area (Å²) in [5, 5.41) is 0. The average molecular weight is 279 g/mol. The monoisotopic (exact) mass is 279 g/mol. The smallest absolute Gasteiger partial charge is 0.123 e. The van der Waals surface area contributed by atoms with E-state index in [0.717, 1.165) is 30.8 Å². The van der Waals surface area contributed by atoms with E-state index in [9.17, 15) is 4.39 Å². The number of fused-ring (bicyclic) bond motifs is 3. The van der Waals surface area contributed by atoms with Gasteiger partial charge in [-0.1, -0.05) is 43.0 Å². The summed E-state index contributed by atoms with van der Waals surface area (Å²) in [5.41, 5.74) is 4.79. The molecular weight excluding hydrogens is 261 g/mol. The van der Waals surface area contributed by atoms with Gasteiger partial charge in [0.05, 0.1) is 0 Å². The maximum Gasteiger partial charge on any atom is 0.123 e. The van der Waals surface area contributed by atoms with E-state index in [0.29, 0.717) is 11.8 Å². The molecule has 1 nitrogen and oxygen atoms in total. The van der Waals surface area contributed by atoms with Crippen LogP contribution in [0, 0.1) is 11.7 Å². The Balaban J connectivity index is 1.57. The third kappa shape index (κ3) is 2.11. The highest BCUT2D eigenvalue weighted by Crippen LogP contribution is 2.49. The van der Waals surface area contributed by atoms with Gasteiger partial charge in [0.1, 0.15) is 5.82 Å². The van der Waals surface area contributed by atoms with Crippen LogP contribution in [0.1, 0.15) is 22.6 Å². The largest absolute Gasteiger partial charge is 0.298 e. The summed E-state index contributed by atoms with van der Waals surface area (Å²) in [5.74, 6) is 0.776. The lowest BCUT2D eigenvalue weighted by molar-refractivity contribution is 0.321. The van der Waals surface area contributed by atoms with Gasteiger partial charge in [-0.2, -0.15) is 0 Å². The molecule has 0 radical (unpaired) electrons. The minimum absolute atomic E-state index is 0.156. The third-order valence-corrected chi connectivity index (χ3v) is 4.85. The molecule has 1 saturated heterocycles. The van der Waals surface area contributed by atoms with Gasteiger partial charge < -0.3 is 0 Å². The minimum atomic E-state index is -0.156. The van der Waals surface area contributed by atoms with Gasteiger partial charge in [0.2, 0.25) is 0 Å². The first kappa shape index (κ1) is 12.8. The van der Waals surface area contributed by atoms with Crippen LogP contribution in [-0.2, 0) is 6.54 Å². The zero-order valence-electron chi connectivity index (χ0n) is 11.9. The first-order valence-corrected chi connectivity index (χ1v) is 7.47. The molecule has 1 aliphatic carbocycles. The molecule has 1 aliphatic heterocycles. The van der Waals surface area contributed by atoms with Crippen LogP contribution < -0.4 is 0 Å². The number of hydrogen-bond donors (Lipinski definition) is 0. The van der Waals surface area contributed by atoms with Gasteiger partial charge in [-0.3, -0.25) is 4.90 Å². The maximum atomic E-state index is 13.4. The van der Waals surface area contributed by atoms with Gasteiger partial charge in [-0.15, -0.1) is 0 Å². The Hall–Kier alpha value is -1.93. The van der Waals surface area contributed by atoms with E-state index in [2.05, 4.69) is 41.8 Å². The zero-order chi connectivity index (χ0) is 14.4. The van der Waals surface area contributed by atoms with Crippen LogP contribution in [-0.4, -0.2) is 18.0 Å². The lowest BCUT2D eigenvalue weighted by Crippen LogP contribution is -2.21. The van der Waals surface area contributed by atoms with E-state index in [1.165, 1.54) is 11.1 Å². The molecule has 4 rings (SSSR count). The number of halogens is 1. The predicted octanol–water partition coefficient (Wildman–Crippen LogP) is 4.07. The molecule has 21 heavy (non-hydrogen) atoms. The second-order valence-electron chi connectivity index (χ2n) is 6.15. The number of likely N-dealkylation sites (tertiary alicyclic amines) is 1. The SMILES string of the molecule is C=C1c2cc(F)ccc2C2CN(Cc3ccccc3)CC12. The molecule has 0 N–H and O–H groups in total. The summed E-state index contributed by atoms with van der Waals surface area (Å²) in [6.45, 7) is 7.27. The highest BCUT2D eigenvalue weighted by molar-refractivity contribution is 5.75. The van der Waals surface area contributed by atoms with Crippen molar-refractivity contribution in [2.45, 2.75) is 12.5 Å². The molecule has 1 heterocycles. The van der Waals surface area contributed by atoms with Gasteiger partial charge in [-0.25, -0.2) is 4.39 Å². The van der Waals surface area contributed by atoms with Gasteiger partial charge in [-0.05, 0) is 34.4 Å². The fourth-order valence-corrected chi connectivity index (χ4v) is 3.85. The van der Waals surface area contributed by atoms with Crippen LogP contribution in [0.4, 0.5) is 4.39 Å². The van der Waals surface area contributed by atoms with E-state index in [1.54, 1.807) is 12.1 Å². The third-order valence-electron chi connectivity index (χ3n) is 4.85.